The highest BCUT2D eigenvalue weighted by atomic mass is 16.5. The number of para-hydroxylation sites is 1. The quantitative estimate of drug-likeness (QED) is 0.611. The number of esters is 1. The summed E-state index contributed by atoms with van der Waals surface area (Å²) in [5.41, 5.74) is 7.83. The Labute approximate surface area is 115 Å². The summed E-state index contributed by atoms with van der Waals surface area (Å²) in [6.07, 6.45) is 1.04. The van der Waals surface area contributed by atoms with E-state index in [-0.39, 0.29) is 11.4 Å². The molecule has 0 bridgehead atoms. The van der Waals surface area contributed by atoms with Gasteiger partial charge in [0.2, 0.25) is 0 Å². The fourth-order valence-electron chi connectivity index (χ4n) is 1.60. The van der Waals surface area contributed by atoms with Gasteiger partial charge >= 0.3 is 5.97 Å². The molecule has 0 atom stereocenters. The van der Waals surface area contributed by atoms with E-state index in [0.717, 1.165) is 13.0 Å². The van der Waals surface area contributed by atoms with Gasteiger partial charge in [0.25, 0.3) is 0 Å². The van der Waals surface area contributed by atoms with E-state index in [2.05, 4.69) is 26.1 Å². The van der Waals surface area contributed by atoms with Crippen LogP contribution in [0.15, 0.2) is 18.2 Å². The molecule has 0 heterocycles. The molecule has 0 amide bonds. The molecule has 0 aromatic heterocycles. The summed E-state index contributed by atoms with van der Waals surface area (Å²) in [6.45, 7) is 9.38. The number of hydrogen-bond donors (Lipinski definition) is 2. The lowest BCUT2D eigenvalue weighted by atomic mass is 9.90. The van der Waals surface area contributed by atoms with Crippen LogP contribution in [0.25, 0.3) is 0 Å². The van der Waals surface area contributed by atoms with Gasteiger partial charge in [-0.05, 0) is 30.9 Å². The van der Waals surface area contributed by atoms with Gasteiger partial charge in [-0.2, -0.15) is 0 Å². The molecule has 4 heteroatoms. The van der Waals surface area contributed by atoms with E-state index < -0.39 is 0 Å². The minimum Gasteiger partial charge on any atom is -0.462 e. The Balaban J connectivity index is 2.95. The average molecular weight is 264 g/mol. The molecule has 0 unspecified atom stereocenters. The van der Waals surface area contributed by atoms with Gasteiger partial charge in [0.05, 0.1) is 23.5 Å². The number of rotatable bonds is 6. The number of nitrogens with two attached hydrogens (primary N) is 1. The SMILES string of the molecule is CCOC(=O)c1cccc(N)c1NCC(C)(C)CC. The third-order valence-corrected chi connectivity index (χ3v) is 3.29. The monoisotopic (exact) mass is 264 g/mol. The van der Waals surface area contributed by atoms with E-state index in [9.17, 15) is 4.79 Å². The minimum atomic E-state index is -0.341. The second-order valence-corrected chi connectivity index (χ2v) is 5.36. The first kappa shape index (κ1) is 15.3. The highest BCUT2D eigenvalue weighted by Gasteiger charge is 2.19. The highest BCUT2D eigenvalue weighted by Crippen LogP contribution is 2.27. The Morgan fingerprint density at radius 2 is 2.05 bits per heavy atom. The molecule has 1 aromatic rings. The van der Waals surface area contributed by atoms with Crippen LogP contribution < -0.4 is 11.1 Å². The molecule has 0 saturated heterocycles. The molecule has 4 nitrogen and oxygen atoms in total. The van der Waals surface area contributed by atoms with Crippen LogP contribution in [0.4, 0.5) is 11.4 Å². The zero-order chi connectivity index (χ0) is 14.5. The maximum absolute atomic E-state index is 11.9. The maximum atomic E-state index is 11.9. The number of carbonyl (C=O) groups excluding carboxylic acids is 1. The third-order valence-electron chi connectivity index (χ3n) is 3.29. The smallest absolute Gasteiger partial charge is 0.340 e. The third kappa shape index (κ3) is 4.16. The van der Waals surface area contributed by atoms with Crippen LogP contribution in [0.3, 0.4) is 0 Å². The van der Waals surface area contributed by atoms with Crippen LogP contribution in [0.5, 0.6) is 0 Å². The Morgan fingerprint density at radius 1 is 1.37 bits per heavy atom. The predicted molar refractivity (Wildman–Crippen MR) is 79.4 cm³/mol. The number of hydrogen-bond acceptors (Lipinski definition) is 4. The molecule has 0 fully saturated rings. The molecule has 0 aliphatic rings. The lowest BCUT2D eigenvalue weighted by molar-refractivity contribution is 0.0527. The van der Waals surface area contributed by atoms with Gasteiger partial charge in [-0.15, -0.1) is 0 Å². The van der Waals surface area contributed by atoms with Gasteiger partial charge in [0.15, 0.2) is 0 Å². The van der Waals surface area contributed by atoms with Crippen molar-refractivity contribution in [2.45, 2.75) is 34.1 Å². The summed E-state index contributed by atoms with van der Waals surface area (Å²) < 4.78 is 5.05. The molecular formula is C15H24N2O2. The molecule has 1 aromatic carbocycles. The van der Waals surface area contributed by atoms with Gasteiger partial charge in [0.1, 0.15) is 0 Å². The summed E-state index contributed by atoms with van der Waals surface area (Å²) in [5.74, 6) is -0.341. The Morgan fingerprint density at radius 3 is 2.63 bits per heavy atom. The van der Waals surface area contributed by atoms with E-state index in [1.54, 1.807) is 25.1 Å². The van der Waals surface area contributed by atoms with Crippen LogP contribution in [0, 0.1) is 5.41 Å². The van der Waals surface area contributed by atoms with Crippen molar-refractivity contribution in [1.29, 1.82) is 0 Å². The van der Waals surface area contributed by atoms with Gasteiger partial charge in [0, 0.05) is 6.54 Å². The fraction of sp³-hybridized carbons (Fsp3) is 0.533. The zero-order valence-corrected chi connectivity index (χ0v) is 12.2. The normalized spacial score (nSPS) is 11.2. The molecular weight excluding hydrogens is 240 g/mol. The number of nitrogen functional groups attached to an aromatic ring is 1. The number of ether oxygens (including phenoxy) is 1. The fourth-order valence-corrected chi connectivity index (χ4v) is 1.60. The average Bonchev–Trinajstić information content (AvgIpc) is 2.37. The highest BCUT2D eigenvalue weighted by molar-refractivity contribution is 5.98. The van der Waals surface area contributed by atoms with E-state index in [1.165, 1.54) is 0 Å². The number of nitrogens with one attached hydrogen (secondary N) is 1. The van der Waals surface area contributed by atoms with Gasteiger partial charge < -0.3 is 15.8 Å². The van der Waals surface area contributed by atoms with Crippen molar-refractivity contribution in [3.05, 3.63) is 23.8 Å². The molecule has 3 N–H and O–H groups in total. The zero-order valence-electron chi connectivity index (χ0n) is 12.2. The molecule has 0 aliphatic heterocycles. The molecule has 0 aliphatic carbocycles. The van der Waals surface area contributed by atoms with Crippen LogP contribution >= 0.6 is 0 Å². The largest absolute Gasteiger partial charge is 0.462 e. The summed E-state index contributed by atoms with van der Waals surface area (Å²) in [7, 11) is 0. The van der Waals surface area contributed by atoms with Crippen LogP contribution in [0.1, 0.15) is 44.5 Å². The number of benzene rings is 1. The molecule has 0 radical (unpaired) electrons. The van der Waals surface area contributed by atoms with Crippen molar-refractivity contribution >= 4 is 17.3 Å². The van der Waals surface area contributed by atoms with E-state index in [1.807, 2.05) is 0 Å². The number of anilines is 2. The maximum Gasteiger partial charge on any atom is 0.340 e. The van der Waals surface area contributed by atoms with Crippen molar-refractivity contribution in [3.63, 3.8) is 0 Å². The van der Waals surface area contributed by atoms with Crippen LogP contribution in [-0.2, 0) is 4.74 Å². The topological polar surface area (TPSA) is 64.3 Å². The van der Waals surface area contributed by atoms with Crippen molar-refractivity contribution in [1.82, 2.24) is 0 Å². The summed E-state index contributed by atoms with van der Waals surface area (Å²) in [5, 5.41) is 3.29. The Hall–Kier alpha value is -1.71. The first-order chi connectivity index (χ1) is 8.91. The minimum absolute atomic E-state index is 0.147. The van der Waals surface area contributed by atoms with Crippen LogP contribution in [-0.4, -0.2) is 19.1 Å². The molecule has 0 saturated carbocycles. The predicted octanol–water partition coefficient (Wildman–Crippen LogP) is 3.29. The van der Waals surface area contributed by atoms with Gasteiger partial charge in [-0.1, -0.05) is 26.8 Å². The first-order valence-electron chi connectivity index (χ1n) is 6.70. The second kappa shape index (κ2) is 6.45. The lowest BCUT2D eigenvalue weighted by Crippen LogP contribution is -2.23. The van der Waals surface area contributed by atoms with Gasteiger partial charge in [-0.3, -0.25) is 0 Å². The van der Waals surface area contributed by atoms with Crippen molar-refractivity contribution in [3.8, 4) is 0 Å². The van der Waals surface area contributed by atoms with Crippen molar-refractivity contribution in [2.75, 3.05) is 24.2 Å². The number of carbonyl (C=O) groups is 1. The van der Waals surface area contributed by atoms with E-state index >= 15 is 0 Å². The molecule has 0 spiro atoms. The van der Waals surface area contributed by atoms with Crippen LogP contribution in [0.2, 0.25) is 0 Å². The van der Waals surface area contributed by atoms with Crippen molar-refractivity contribution < 1.29 is 9.53 Å². The molecule has 106 valence electrons. The van der Waals surface area contributed by atoms with Crippen molar-refractivity contribution in [2.24, 2.45) is 5.41 Å². The summed E-state index contributed by atoms with van der Waals surface area (Å²) in [6, 6.07) is 5.28. The molecule has 1 rings (SSSR count). The van der Waals surface area contributed by atoms with Gasteiger partial charge in [-0.25, -0.2) is 4.79 Å². The lowest BCUT2D eigenvalue weighted by Gasteiger charge is -2.25. The summed E-state index contributed by atoms with van der Waals surface area (Å²) >= 11 is 0. The molecule has 19 heavy (non-hydrogen) atoms. The Kier molecular flexibility index (Phi) is 5.21. The standard InChI is InChI=1S/C15H24N2O2/c1-5-15(3,4)10-17-13-11(14(18)19-6-2)8-7-9-12(13)16/h7-9,17H,5-6,10,16H2,1-4H3. The summed E-state index contributed by atoms with van der Waals surface area (Å²) in [4.78, 5) is 11.9. The Bertz CT molecular complexity index is 442. The van der Waals surface area contributed by atoms with E-state index in [4.69, 9.17) is 10.5 Å². The van der Waals surface area contributed by atoms with E-state index in [0.29, 0.717) is 23.5 Å². The first-order valence-corrected chi connectivity index (χ1v) is 6.70. The second-order valence-electron chi connectivity index (χ2n) is 5.36.